The fraction of sp³-hybridized carbons (Fsp3) is 0.308. The summed E-state index contributed by atoms with van der Waals surface area (Å²) in [6, 6.07) is 17.5. The number of hydrogen-bond donors (Lipinski definition) is 1. The Balaban J connectivity index is 1.23. The van der Waals surface area contributed by atoms with E-state index in [1.165, 1.54) is 10.6 Å². The molecule has 1 spiro atoms. The predicted octanol–water partition coefficient (Wildman–Crippen LogP) is 3.50. The van der Waals surface area contributed by atoms with E-state index >= 15 is 0 Å². The van der Waals surface area contributed by atoms with Gasteiger partial charge in [-0.05, 0) is 55.8 Å². The molecule has 3 aliphatic rings. The molecule has 0 bridgehead atoms. The smallest absolute Gasteiger partial charge is 0.261 e. The molecule has 4 heterocycles. The fourth-order valence-electron chi connectivity index (χ4n) is 5.59. The average molecular weight is 443 g/mol. The number of benzene rings is 2. The number of aromatic nitrogens is 1. The highest BCUT2D eigenvalue weighted by Gasteiger charge is 2.43. The second-order valence-electron chi connectivity index (χ2n) is 9.04. The lowest BCUT2D eigenvalue weighted by molar-refractivity contribution is 0.0619. The van der Waals surface area contributed by atoms with Crippen LogP contribution in [-0.2, 0) is 5.54 Å². The van der Waals surface area contributed by atoms with Crippen molar-refractivity contribution in [2.24, 2.45) is 0 Å². The zero-order valence-corrected chi connectivity index (χ0v) is 18.6. The quantitative estimate of drug-likeness (QED) is 0.627. The molecular weight excluding hydrogens is 416 g/mol. The molecule has 1 fully saturated rings. The minimum atomic E-state index is -0.233. The highest BCUT2D eigenvalue weighted by Crippen LogP contribution is 2.43. The second kappa shape index (κ2) is 7.49. The number of carbonyl (C=O) groups is 2. The van der Waals surface area contributed by atoms with E-state index in [9.17, 15) is 9.59 Å². The standard InChI is InChI=1S/C26H26N4O3/c1-33-18-9-10-22-21(16-18)27-26(23-8-4-13-29(22)23)11-5-12-28(17-26)14-15-30-24(31)19-6-2-3-7-20(19)25(30)32/h2-4,6-10,13,16,27H,5,11-12,14-15,17H2,1H3/t26-/m0/s1. The molecule has 3 aromatic rings. The van der Waals surface area contributed by atoms with E-state index in [1.807, 2.05) is 6.07 Å². The second-order valence-corrected chi connectivity index (χ2v) is 9.04. The van der Waals surface area contributed by atoms with E-state index in [2.05, 4.69) is 45.2 Å². The van der Waals surface area contributed by atoms with Gasteiger partial charge in [0.25, 0.3) is 11.8 Å². The molecule has 1 atom stereocenters. The molecule has 0 radical (unpaired) electrons. The number of fused-ring (bicyclic) bond motifs is 5. The van der Waals surface area contributed by atoms with Gasteiger partial charge in [-0.1, -0.05) is 12.1 Å². The molecule has 33 heavy (non-hydrogen) atoms. The first-order valence-electron chi connectivity index (χ1n) is 11.4. The van der Waals surface area contributed by atoms with Crippen molar-refractivity contribution in [1.82, 2.24) is 14.4 Å². The molecule has 1 aromatic heterocycles. The third-order valence-electron chi connectivity index (χ3n) is 7.17. The van der Waals surface area contributed by atoms with Crippen molar-refractivity contribution in [3.8, 4) is 11.4 Å². The number of piperidine rings is 1. The number of nitrogens with one attached hydrogen (secondary N) is 1. The largest absolute Gasteiger partial charge is 0.497 e. The Hall–Kier alpha value is -3.58. The molecule has 1 N–H and O–H groups in total. The summed E-state index contributed by atoms with van der Waals surface area (Å²) in [7, 11) is 1.68. The number of amides is 2. The minimum Gasteiger partial charge on any atom is -0.497 e. The molecule has 6 rings (SSSR count). The Morgan fingerprint density at radius 2 is 1.79 bits per heavy atom. The normalized spacial score (nSPS) is 21.5. The average Bonchev–Trinajstić information content (AvgIpc) is 3.43. The van der Waals surface area contributed by atoms with Crippen molar-refractivity contribution in [2.75, 3.05) is 38.6 Å². The number of ether oxygens (including phenoxy) is 1. The lowest BCUT2D eigenvalue weighted by Gasteiger charge is -2.47. The first kappa shape index (κ1) is 20.1. The van der Waals surface area contributed by atoms with Crippen LogP contribution < -0.4 is 10.1 Å². The van der Waals surface area contributed by atoms with Crippen LogP contribution in [-0.4, -0.2) is 59.5 Å². The number of nitrogens with zero attached hydrogens (tertiary/aromatic N) is 3. The van der Waals surface area contributed by atoms with Crippen molar-refractivity contribution >= 4 is 17.5 Å². The fourth-order valence-corrected chi connectivity index (χ4v) is 5.59. The van der Waals surface area contributed by atoms with Crippen molar-refractivity contribution < 1.29 is 14.3 Å². The summed E-state index contributed by atoms with van der Waals surface area (Å²) in [5, 5.41) is 3.83. The van der Waals surface area contributed by atoms with Gasteiger partial charge in [0.2, 0.25) is 0 Å². The van der Waals surface area contributed by atoms with Crippen LogP contribution in [0.3, 0.4) is 0 Å². The molecule has 0 unspecified atom stereocenters. The maximum absolute atomic E-state index is 12.8. The van der Waals surface area contributed by atoms with Gasteiger partial charge >= 0.3 is 0 Å². The first-order chi connectivity index (χ1) is 16.1. The summed E-state index contributed by atoms with van der Waals surface area (Å²) >= 11 is 0. The number of imide groups is 1. The van der Waals surface area contributed by atoms with Crippen LogP contribution in [0, 0.1) is 0 Å². The van der Waals surface area contributed by atoms with Crippen LogP contribution in [0.25, 0.3) is 5.69 Å². The third kappa shape index (κ3) is 3.07. The van der Waals surface area contributed by atoms with Crippen molar-refractivity contribution in [3.63, 3.8) is 0 Å². The summed E-state index contributed by atoms with van der Waals surface area (Å²) < 4.78 is 7.72. The summed E-state index contributed by atoms with van der Waals surface area (Å²) in [6.07, 6.45) is 4.15. The van der Waals surface area contributed by atoms with Crippen molar-refractivity contribution in [2.45, 2.75) is 18.4 Å². The number of hydrogen-bond acceptors (Lipinski definition) is 5. The highest BCUT2D eigenvalue weighted by molar-refractivity contribution is 6.21. The Bertz CT molecular complexity index is 1230. The predicted molar refractivity (Wildman–Crippen MR) is 125 cm³/mol. The van der Waals surface area contributed by atoms with Crippen molar-refractivity contribution in [1.29, 1.82) is 0 Å². The van der Waals surface area contributed by atoms with Gasteiger partial charge in [0, 0.05) is 37.6 Å². The first-order valence-corrected chi connectivity index (χ1v) is 11.4. The number of rotatable bonds is 4. The van der Waals surface area contributed by atoms with Gasteiger partial charge in [-0.2, -0.15) is 0 Å². The highest BCUT2D eigenvalue weighted by atomic mass is 16.5. The lowest BCUT2D eigenvalue weighted by atomic mass is 9.83. The number of methoxy groups -OCH3 is 1. The van der Waals surface area contributed by atoms with E-state index in [4.69, 9.17) is 4.74 Å². The molecule has 2 amide bonds. The summed E-state index contributed by atoms with van der Waals surface area (Å²) in [5.74, 6) is 0.450. The van der Waals surface area contributed by atoms with Crippen LogP contribution >= 0.6 is 0 Å². The van der Waals surface area contributed by atoms with E-state index < -0.39 is 0 Å². The van der Waals surface area contributed by atoms with Crippen LogP contribution in [0.15, 0.2) is 60.8 Å². The third-order valence-corrected chi connectivity index (χ3v) is 7.17. The molecule has 168 valence electrons. The Morgan fingerprint density at radius 1 is 1.00 bits per heavy atom. The molecular formula is C26H26N4O3. The summed E-state index contributed by atoms with van der Waals surface area (Å²) in [5.41, 5.74) is 4.20. The van der Waals surface area contributed by atoms with E-state index in [-0.39, 0.29) is 17.4 Å². The molecule has 7 nitrogen and oxygen atoms in total. The molecule has 0 saturated carbocycles. The van der Waals surface area contributed by atoms with Gasteiger partial charge in [0.1, 0.15) is 5.75 Å². The zero-order chi connectivity index (χ0) is 22.6. The van der Waals surface area contributed by atoms with Crippen molar-refractivity contribution in [3.05, 3.63) is 77.6 Å². The van der Waals surface area contributed by atoms with Gasteiger partial charge in [0.05, 0.1) is 35.2 Å². The van der Waals surface area contributed by atoms with Crippen LogP contribution in [0.4, 0.5) is 5.69 Å². The molecule has 2 aromatic carbocycles. The number of anilines is 1. The maximum atomic E-state index is 12.8. The monoisotopic (exact) mass is 442 g/mol. The molecule has 3 aliphatic heterocycles. The zero-order valence-electron chi connectivity index (χ0n) is 18.6. The van der Waals surface area contributed by atoms with E-state index in [0.717, 1.165) is 43.1 Å². The van der Waals surface area contributed by atoms with Crippen LogP contribution in [0.1, 0.15) is 39.3 Å². The van der Waals surface area contributed by atoms with E-state index in [1.54, 1.807) is 31.4 Å². The molecule has 0 aliphatic carbocycles. The van der Waals surface area contributed by atoms with Gasteiger partial charge < -0.3 is 14.6 Å². The van der Waals surface area contributed by atoms with Gasteiger partial charge in [0.15, 0.2) is 0 Å². The van der Waals surface area contributed by atoms with Crippen LogP contribution in [0.2, 0.25) is 0 Å². The van der Waals surface area contributed by atoms with Gasteiger partial charge in [-0.3, -0.25) is 19.4 Å². The van der Waals surface area contributed by atoms with E-state index in [0.29, 0.717) is 24.2 Å². The lowest BCUT2D eigenvalue weighted by Crippen LogP contribution is -2.54. The maximum Gasteiger partial charge on any atom is 0.261 e. The topological polar surface area (TPSA) is 66.8 Å². The Kier molecular flexibility index (Phi) is 4.55. The van der Waals surface area contributed by atoms with Crippen LogP contribution in [0.5, 0.6) is 5.75 Å². The van der Waals surface area contributed by atoms with Gasteiger partial charge in [-0.15, -0.1) is 0 Å². The summed E-state index contributed by atoms with van der Waals surface area (Å²) in [6.45, 7) is 2.80. The SMILES string of the molecule is COc1ccc2c(c1)N[C@]1(CCCN(CCN3C(=O)c4ccccc4C3=O)C1)c1cccn1-2. The molecule has 1 saturated heterocycles. The Morgan fingerprint density at radius 3 is 2.55 bits per heavy atom. The summed E-state index contributed by atoms with van der Waals surface area (Å²) in [4.78, 5) is 29.3. The van der Waals surface area contributed by atoms with Gasteiger partial charge in [-0.25, -0.2) is 0 Å². The minimum absolute atomic E-state index is 0.187. The molecule has 7 heteroatoms. The number of likely N-dealkylation sites (tertiary alicyclic amines) is 1. The number of carbonyl (C=O) groups excluding carboxylic acids is 2. The Labute approximate surface area is 192 Å².